The maximum absolute atomic E-state index is 6.12. The molecule has 0 fully saturated rings. The Balaban J connectivity index is 2.49. The van der Waals surface area contributed by atoms with Crippen LogP contribution in [0.5, 0.6) is 5.75 Å². The Hall–Kier alpha value is -1.07. The molecule has 1 unspecified atom stereocenters. The van der Waals surface area contributed by atoms with Crippen LogP contribution in [0.15, 0.2) is 30.4 Å². The average molecular weight is 299 g/mol. The third kappa shape index (κ3) is 5.51. The van der Waals surface area contributed by atoms with Crippen LogP contribution in [-0.4, -0.2) is 33.4 Å². The lowest BCUT2D eigenvalue weighted by Gasteiger charge is -2.18. The van der Waals surface area contributed by atoms with Gasteiger partial charge in [0.05, 0.1) is 25.3 Å². The molecule has 0 saturated heterocycles. The van der Waals surface area contributed by atoms with E-state index in [2.05, 4.69) is 11.9 Å². The Labute approximate surface area is 125 Å². The fourth-order valence-electron chi connectivity index (χ4n) is 1.79. The van der Waals surface area contributed by atoms with Crippen molar-refractivity contribution in [3.8, 4) is 5.75 Å². The summed E-state index contributed by atoms with van der Waals surface area (Å²) in [7, 11) is 1.60. The molecule has 112 valence electrons. The first-order valence-electron chi connectivity index (χ1n) is 6.57. The van der Waals surface area contributed by atoms with E-state index in [0.717, 1.165) is 17.7 Å². The Morgan fingerprint density at radius 1 is 1.50 bits per heavy atom. The molecular formula is C15H23ClN2O2. The molecule has 1 rings (SSSR count). The first kappa shape index (κ1) is 17.0. The zero-order chi connectivity index (χ0) is 15.0. The molecule has 3 N–H and O–H groups in total. The van der Waals surface area contributed by atoms with Crippen molar-refractivity contribution in [2.45, 2.75) is 13.0 Å². The topological polar surface area (TPSA) is 56.5 Å². The highest BCUT2D eigenvalue weighted by Crippen LogP contribution is 2.27. The van der Waals surface area contributed by atoms with E-state index in [4.69, 9.17) is 26.8 Å². The molecular weight excluding hydrogens is 276 g/mol. The van der Waals surface area contributed by atoms with Crippen molar-refractivity contribution in [1.29, 1.82) is 0 Å². The normalized spacial score (nSPS) is 12.2. The van der Waals surface area contributed by atoms with Gasteiger partial charge in [-0.25, -0.2) is 0 Å². The number of benzene rings is 1. The number of ether oxygens (including phenoxy) is 2. The molecule has 0 saturated carbocycles. The lowest BCUT2D eigenvalue weighted by atomic mass is 10.1. The number of hydrogen-bond acceptors (Lipinski definition) is 4. The zero-order valence-electron chi connectivity index (χ0n) is 12.1. The van der Waals surface area contributed by atoms with Gasteiger partial charge in [-0.15, -0.1) is 0 Å². The number of nitrogens with two attached hydrogens (primary N) is 1. The fraction of sp³-hybridized carbons (Fsp3) is 0.467. The second kappa shape index (κ2) is 8.97. The van der Waals surface area contributed by atoms with Crippen molar-refractivity contribution in [3.63, 3.8) is 0 Å². The van der Waals surface area contributed by atoms with Gasteiger partial charge in [0.25, 0.3) is 0 Å². The average Bonchev–Trinajstić information content (AvgIpc) is 2.42. The Morgan fingerprint density at radius 2 is 2.25 bits per heavy atom. The van der Waals surface area contributed by atoms with Crippen molar-refractivity contribution in [2.24, 2.45) is 5.73 Å². The van der Waals surface area contributed by atoms with E-state index in [1.807, 2.05) is 25.1 Å². The number of hydrogen-bond donors (Lipinski definition) is 2. The highest BCUT2D eigenvalue weighted by atomic mass is 35.5. The van der Waals surface area contributed by atoms with E-state index in [1.165, 1.54) is 0 Å². The quantitative estimate of drug-likeness (QED) is 0.543. The summed E-state index contributed by atoms with van der Waals surface area (Å²) in [6.45, 7) is 8.14. The minimum absolute atomic E-state index is 0.0480. The van der Waals surface area contributed by atoms with Gasteiger partial charge in [0, 0.05) is 19.1 Å². The molecule has 5 heteroatoms. The molecule has 20 heavy (non-hydrogen) atoms. The van der Waals surface area contributed by atoms with E-state index in [9.17, 15) is 0 Å². The SMILES string of the molecule is C=C(C)COCCNC(CN)c1ccc(OC)c(Cl)c1. The third-order valence-electron chi connectivity index (χ3n) is 2.80. The smallest absolute Gasteiger partial charge is 0.137 e. The minimum atomic E-state index is 0.0480. The predicted octanol–water partition coefficient (Wildman–Crippen LogP) is 2.53. The third-order valence-corrected chi connectivity index (χ3v) is 3.09. The van der Waals surface area contributed by atoms with Crippen LogP contribution >= 0.6 is 11.6 Å². The first-order valence-corrected chi connectivity index (χ1v) is 6.95. The summed E-state index contributed by atoms with van der Waals surface area (Å²) < 4.78 is 10.6. The number of rotatable bonds is 9. The molecule has 0 aliphatic rings. The Morgan fingerprint density at radius 3 is 2.80 bits per heavy atom. The van der Waals surface area contributed by atoms with Crippen LogP contribution in [0, 0.1) is 0 Å². The van der Waals surface area contributed by atoms with Gasteiger partial charge in [0.2, 0.25) is 0 Å². The van der Waals surface area contributed by atoms with E-state index in [0.29, 0.717) is 30.5 Å². The number of nitrogens with one attached hydrogen (secondary N) is 1. The standard InChI is InChI=1S/C15H23ClN2O2/c1-11(2)10-20-7-6-18-14(9-17)12-4-5-15(19-3)13(16)8-12/h4-5,8,14,18H,1,6-7,9-10,17H2,2-3H3. The molecule has 0 bridgehead atoms. The lowest BCUT2D eigenvalue weighted by molar-refractivity contribution is 0.155. The van der Waals surface area contributed by atoms with Gasteiger partial charge in [0.1, 0.15) is 5.75 Å². The summed E-state index contributed by atoms with van der Waals surface area (Å²) in [6.07, 6.45) is 0. The number of methoxy groups -OCH3 is 1. The van der Waals surface area contributed by atoms with Crippen molar-refractivity contribution >= 4 is 11.6 Å². The molecule has 0 spiro atoms. The zero-order valence-corrected chi connectivity index (χ0v) is 12.9. The van der Waals surface area contributed by atoms with Crippen LogP contribution in [-0.2, 0) is 4.74 Å². The molecule has 0 aliphatic heterocycles. The second-order valence-electron chi connectivity index (χ2n) is 4.65. The molecule has 0 amide bonds. The fourth-order valence-corrected chi connectivity index (χ4v) is 2.05. The Bertz CT molecular complexity index is 438. The molecule has 0 radical (unpaired) electrons. The van der Waals surface area contributed by atoms with Crippen LogP contribution < -0.4 is 15.8 Å². The highest BCUT2D eigenvalue weighted by molar-refractivity contribution is 6.32. The van der Waals surface area contributed by atoms with Gasteiger partial charge in [-0.05, 0) is 24.6 Å². The van der Waals surface area contributed by atoms with Gasteiger partial charge in [-0.1, -0.05) is 29.8 Å². The van der Waals surface area contributed by atoms with Crippen LogP contribution in [0.4, 0.5) is 0 Å². The minimum Gasteiger partial charge on any atom is -0.495 e. The summed E-state index contributed by atoms with van der Waals surface area (Å²) in [5, 5.41) is 3.93. The van der Waals surface area contributed by atoms with Gasteiger partial charge in [-0.3, -0.25) is 0 Å². The molecule has 4 nitrogen and oxygen atoms in total. The number of halogens is 1. The van der Waals surface area contributed by atoms with Gasteiger partial charge < -0.3 is 20.5 Å². The molecule has 0 heterocycles. The van der Waals surface area contributed by atoms with Crippen LogP contribution in [0.25, 0.3) is 0 Å². The summed E-state index contributed by atoms with van der Waals surface area (Å²) in [5.41, 5.74) is 7.85. The monoisotopic (exact) mass is 298 g/mol. The summed E-state index contributed by atoms with van der Waals surface area (Å²) >= 11 is 6.12. The van der Waals surface area contributed by atoms with Gasteiger partial charge in [0.15, 0.2) is 0 Å². The Kier molecular flexibility index (Phi) is 7.62. The first-order chi connectivity index (χ1) is 9.58. The van der Waals surface area contributed by atoms with Crippen LogP contribution in [0.2, 0.25) is 5.02 Å². The second-order valence-corrected chi connectivity index (χ2v) is 5.05. The van der Waals surface area contributed by atoms with Crippen LogP contribution in [0.3, 0.4) is 0 Å². The van der Waals surface area contributed by atoms with E-state index in [-0.39, 0.29) is 6.04 Å². The molecule has 0 aliphatic carbocycles. The van der Waals surface area contributed by atoms with Gasteiger partial charge in [-0.2, -0.15) is 0 Å². The largest absolute Gasteiger partial charge is 0.495 e. The molecule has 1 aromatic carbocycles. The highest BCUT2D eigenvalue weighted by Gasteiger charge is 2.11. The lowest BCUT2D eigenvalue weighted by Crippen LogP contribution is -2.31. The molecule has 0 aromatic heterocycles. The van der Waals surface area contributed by atoms with Crippen LogP contribution in [0.1, 0.15) is 18.5 Å². The van der Waals surface area contributed by atoms with E-state index in [1.54, 1.807) is 7.11 Å². The van der Waals surface area contributed by atoms with E-state index >= 15 is 0 Å². The predicted molar refractivity (Wildman–Crippen MR) is 83.4 cm³/mol. The summed E-state index contributed by atoms with van der Waals surface area (Å²) in [5.74, 6) is 0.663. The molecule has 1 atom stereocenters. The summed E-state index contributed by atoms with van der Waals surface area (Å²) in [6, 6.07) is 5.73. The van der Waals surface area contributed by atoms with Crippen molar-refractivity contribution in [2.75, 3.05) is 33.4 Å². The summed E-state index contributed by atoms with van der Waals surface area (Å²) in [4.78, 5) is 0. The molecule has 1 aromatic rings. The maximum Gasteiger partial charge on any atom is 0.137 e. The van der Waals surface area contributed by atoms with Crippen molar-refractivity contribution < 1.29 is 9.47 Å². The van der Waals surface area contributed by atoms with Gasteiger partial charge >= 0.3 is 0 Å². The van der Waals surface area contributed by atoms with E-state index < -0.39 is 0 Å². The maximum atomic E-state index is 6.12. The van der Waals surface area contributed by atoms with Crippen molar-refractivity contribution in [3.05, 3.63) is 40.9 Å². The van der Waals surface area contributed by atoms with Crippen molar-refractivity contribution in [1.82, 2.24) is 5.32 Å².